The summed E-state index contributed by atoms with van der Waals surface area (Å²) in [6, 6.07) is 0.530. The molecule has 1 rings (SSSR count). The van der Waals surface area contributed by atoms with Crippen molar-refractivity contribution in [1.29, 1.82) is 0 Å². The molecular weight excluding hydrogens is 214 g/mol. The molecule has 1 aliphatic carbocycles. The van der Waals surface area contributed by atoms with E-state index in [1.165, 1.54) is 19.3 Å². The predicted octanol–water partition coefficient (Wildman–Crippen LogP) is 1.99. The van der Waals surface area contributed by atoms with Crippen LogP contribution in [0.3, 0.4) is 0 Å². The molecule has 4 N–H and O–H groups in total. The van der Waals surface area contributed by atoms with Gasteiger partial charge in [-0.2, -0.15) is 0 Å². The van der Waals surface area contributed by atoms with Crippen LogP contribution in [-0.2, 0) is 0 Å². The van der Waals surface area contributed by atoms with Crippen LogP contribution in [0.5, 0.6) is 0 Å². The molecule has 1 fully saturated rings. The Morgan fingerprint density at radius 3 is 2.47 bits per heavy atom. The Balaban J connectivity index is 2.30. The van der Waals surface area contributed by atoms with E-state index in [4.69, 9.17) is 5.73 Å². The Morgan fingerprint density at radius 1 is 1.29 bits per heavy atom. The second-order valence-electron chi connectivity index (χ2n) is 5.38. The number of carbonyl (C=O) groups is 1. The largest absolute Gasteiger partial charge is 0.335 e. The van der Waals surface area contributed by atoms with E-state index in [2.05, 4.69) is 24.5 Å². The van der Waals surface area contributed by atoms with Crippen molar-refractivity contribution in [2.24, 2.45) is 11.7 Å². The van der Waals surface area contributed by atoms with Crippen LogP contribution < -0.4 is 16.4 Å². The fourth-order valence-electron chi connectivity index (χ4n) is 2.39. The average Bonchev–Trinajstić information content (AvgIpc) is 2.29. The highest BCUT2D eigenvalue weighted by Gasteiger charge is 2.19. The minimum atomic E-state index is -0.0240. The molecule has 2 amide bonds. The van der Waals surface area contributed by atoms with E-state index < -0.39 is 0 Å². The van der Waals surface area contributed by atoms with Crippen molar-refractivity contribution in [2.45, 2.75) is 64.5 Å². The minimum absolute atomic E-state index is 0.0240. The summed E-state index contributed by atoms with van der Waals surface area (Å²) >= 11 is 0. The lowest BCUT2D eigenvalue weighted by atomic mass is 9.95. The van der Waals surface area contributed by atoms with Crippen LogP contribution in [0.1, 0.15) is 52.4 Å². The van der Waals surface area contributed by atoms with Crippen LogP contribution in [-0.4, -0.2) is 24.7 Å². The normalized spacial score (nSPS) is 19.1. The lowest BCUT2D eigenvalue weighted by molar-refractivity contribution is 0.224. The van der Waals surface area contributed by atoms with Gasteiger partial charge in [-0.3, -0.25) is 0 Å². The molecule has 0 radical (unpaired) electrons. The smallest absolute Gasteiger partial charge is 0.315 e. The zero-order valence-electron chi connectivity index (χ0n) is 11.2. The van der Waals surface area contributed by atoms with E-state index in [1.807, 2.05) is 0 Å². The summed E-state index contributed by atoms with van der Waals surface area (Å²) in [6.07, 6.45) is 6.87. The molecule has 1 atom stereocenters. The van der Waals surface area contributed by atoms with Gasteiger partial charge in [-0.25, -0.2) is 4.79 Å². The number of nitrogens with one attached hydrogen (secondary N) is 2. The van der Waals surface area contributed by atoms with Gasteiger partial charge in [0.1, 0.15) is 0 Å². The van der Waals surface area contributed by atoms with Gasteiger partial charge in [0.05, 0.1) is 0 Å². The molecule has 100 valence electrons. The molecule has 0 heterocycles. The lowest BCUT2D eigenvalue weighted by Gasteiger charge is -2.26. The van der Waals surface area contributed by atoms with E-state index in [1.54, 1.807) is 0 Å². The number of amides is 2. The van der Waals surface area contributed by atoms with E-state index in [-0.39, 0.29) is 12.1 Å². The van der Waals surface area contributed by atoms with Crippen molar-refractivity contribution >= 4 is 6.03 Å². The van der Waals surface area contributed by atoms with Crippen molar-refractivity contribution in [2.75, 3.05) is 6.54 Å². The van der Waals surface area contributed by atoms with Gasteiger partial charge in [-0.1, -0.05) is 33.1 Å². The SMILES string of the molecule is CC(C)C(CCN)NC(=O)NC1CCCCC1. The average molecular weight is 241 g/mol. The van der Waals surface area contributed by atoms with E-state index in [0.29, 0.717) is 18.5 Å². The third-order valence-electron chi connectivity index (χ3n) is 3.54. The van der Waals surface area contributed by atoms with Crippen molar-refractivity contribution in [3.63, 3.8) is 0 Å². The van der Waals surface area contributed by atoms with E-state index >= 15 is 0 Å². The van der Waals surface area contributed by atoms with Gasteiger partial charge in [-0.05, 0) is 31.7 Å². The molecule has 4 nitrogen and oxygen atoms in total. The first kappa shape index (κ1) is 14.3. The number of carbonyl (C=O) groups excluding carboxylic acids is 1. The zero-order valence-corrected chi connectivity index (χ0v) is 11.2. The molecular formula is C13H27N3O. The van der Waals surface area contributed by atoms with Gasteiger partial charge < -0.3 is 16.4 Å². The minimum Gasteiger partial charge on any atom is -0.335 e. The maximum absolute atomic E-state index is 11.8. The quantitative estimate of drug-likeness (QED) is 0.689. The number of hydrogen-bond donors (Lipinski definition) is 3. The second-order valence-corrected chi connectivity index (χ2v) is 5.38. The monoisotopic (exact) mass is 241 g/mol. The number of nitrogens with two attached hydrogens (primary N) is 1. The molecule has 0 bridgehead atoms. The van der Waals surface area contributed by atoms with Crippen molar-refractivity contribution in [3.05, 3.63) is 0 Å². The van der Waals surface area contributed by atoms with Gasteiger partial charge in [0.25, 0.3) is 0 Å². The maximum Gasteiger partial charge on any atom is 0.315 e. The molecule has 4 heteroatoms. The molecule has 1 aliphatic rings. The molecule has 0 aromatic rings. The molecule has 1 saturated carbocycles. The lowest BCUT2D eigenvalue weighted by Crippen LogP contribution is -2.48. The summed E-state index contributed by atoms with van der Waals surface area (Å²) in [5, 5.41) is 6.11. The summed E-state index contributed by atoms with van der Waals surface area (Å²) in [4.78, 5) is 11.8. The standard InChI is InChI=1S/C13H27N3O/c1-10(2)12(8-9-14)16-13(17)15-11-6-4-3-5-7-11/h10-12H,3-9,14H2,1-2H3,(H2,15,16,17). The highest BCUT2D eigenvalue weighted by Crippen LogP contribution is 2.17. The molecule has 0 saturated heterocycles. The van der Waals surface area contributed by atoms with Gasteiger partial charge in [0.15, 0.2) is 0 Å². The highest BCUT2D eigenvalue weighted by atomic mass is 16.2. The fourth-order valence-corrected chi connectivity index (χ4v) is 2.39. The van der Waals surface area contributed by atoms with Gasteiger partial charge in [-0.15, -0.1) is 0 Å². The Bertz CT molecular complexity index is 225. The van der Waals surface area contributed by atoms with E-state index in [9.17, 15) is 4.79 Å². The van der Waals surface area contributed by atoms with Crippen LogP contribution in [0, 0.1) is 5.92 Å². The second kappa shape index (κ2) is 7.54. The molecule has 17 heavy (non-hydrogen) atoms. The Morgan fingerprint density at radius 2 is 1.94 bits per heavy atom. The summed E-state index contributed by atoms with van der Waals surface area (Å²) in [6.45, 7) is 4.84. The first-order valence-electron chi connectivity index (χ1n) is 6.90. The Labute approximate surface area is 105 Å². The van der Waals surface area contributed by atoms with E-state index in [0.717, 1.165) is 19.3 Å². The van der Waals surface area contributed by atoms with Crippen molar-refractivity contribution in [3.8, 4) is 0 Å². The summed E-state index contributed by atoms with van der Waals surface area (Å²) in [7, 11) is 0. The van der Waals surface area contributed by atoms with Crippen molar-refractivity contribution in [1.82, 2.24) is 10.6 Å². The van der Waals surface area contributed by atoms with Crippen LogP contribution in [0.4, 0.5) is 4.79 Å². The van der Waals surface area contributed by atoms with Crippen LogP contribution in [0.2, 0.25) is 0 Å². The number of rotatable bonds is 5. The molecule has 1 unspecified atom stereocenters. The zero-order chi connectivity index (χ0) is 12.7. The summed E-state index contributed by atoms with van der Waals surface area (Å²) in [5.41, 5.74) is 5.56. The predicted molar refractivity (Wildman–Crippen MR) is 70.8 cm³/mol. The van der Waals surface area contributed by atoms with Gasteiger partial charge in [0.2, 0.25) is 0 Å². The van der Waals surface area contributed by atoms with Crippen LogP contribution in [0.15, 0.2) is 0 Å². The van der Waals surface area contributed by atoms with Crippen LogP contribution >= 0.6 is 0 Å². The Hall–Kier alpha value is -0.770. The third kappa shape index (κ3) is 5.39. The Kier molecular flexibility index (Phi) is 6.34. The third-order valence-corrected chi connectivity index (χ3v) is 3.54. The highest BCUT2D eigenvalue weighted by molar-refractivity contribution is 5.74. The number of hydrogen-bond acceptors (Lipinski definition) is 2. The first-order valence-corrected chi connectivity index (χ1v) is 6.90. The first-order chi connectivity index (χ1) is 8.13. The van der Waals surface area contributed by atoms with Crippen molar-refractivity contribution < 1.29 is 4.79 Å². The molecule has 0 aromatic heterocycles. The molecule has 0 spiro atoms. The topological polar surface area (TPSA) is 67.1 Å². The molecule has 0 aliphatic heterocycles. The summed E-state index contributed by atoms with van der Waals surface area (Å²) in [5.74, 6) is 0.427. The van der Waals surface area contributed by atoms with Crippen LogP contribution in [0.25, 0.3) is 0 Å². The maximum atomic E-state index is 11.8. The molecule has 0 aromatic carbocycles. The van der Waals surface area contributed by atoms with Gasteiger partial charge >= 0.3 is 6.03 Å². The fraction of sp³-hybridized carbons (Fsp3) is 0.923. The summed E-state index contributed by atoms with van der Waals surface area (Å²) < 4.78 is 0. The number of urea groups is 1. The van der Waals surface area contributed by atoms with Gasteiger partial charge in [0, 0.05) is 12.1 Å².